The van der Waals surface area contributed by atoms with Crippen molar-refractivity contribution >= 4 is 67.4 Å². The minimum absolute atomic E-state index is 0.0965. The van der Waals surface area contributed by atoms with Gasteiger partial charge in [0, 0.05) is 52.0 Å². The van der Waals surface area contributed by atoms with Crippen molar-refractivity contribution in [2.24, 2.45) is 7.05 Å². The Morgan fingerprint density at radius 2 is 1.82 bits per heavy atom. The minimum atomic E-state index is -0.0965. The van der Waals surface area contributed by atoms with Gasteiger partial charge in [-0.1, -0.05) is 60.9 Å². The number of likely N-dealkylation sites (N-methyl/N-ethyl adjacent to an activating group) is 1. The first-order valence-electron chi connectivity index (χ1n) is 15.9. The number of rotatable bonds is 9. The van der Waals surface area contributed by atoms with E-state index in [1.165, 1.54) is 36.8 Å². The van der Waals surface area contributed by atoms with Gasteiger partial charge in [0.15, 0.2) is 0 Å². The largest absolute Gasteiger partial charge is 0.342 e. The maximum Gasteiger partial charge on any atom is 0.253 e. The smallest absolute Gasteiger partial charge is 0.253 e. The van der Waals surface area contributed by atoms with Gasteiger partial charge >= 0.3 is 0 Å². The van der Waals surface area contributed by atoms with Crippen LogP contribution in [0.2, 0.25) is 0 Å². The topological polar surface area (TPSA) is 42.3 Å². The number of thioether (sulfide) groups is 1. The van der Waals surface area contributed by atoms with Crippen LogP contribution in [0, 0.1) is 0 Å². The fourth-order valence-corrected chi connectivity index (χ4v) is 9.45. The van der Waals surface area contributed by atoms with Crippen molar-refractivity contribution in [3.05, 3.63) is 104 Å². The third-order valence-corrected chi connectivity index (χ3v) is 12.1. The number of anilines is 1. The van der Waals surface area contributed by atoms with Gasteiger partial charge in [-0.05, 0) is 93.4 Å². The number of aromatic nitrogens is 1. The Hall–Kier alpha value is -3.13. The average molecular weight is 657 g/mol. The molecule has 236 valence electrons. The summed E-state index contributed by atoms with van der Waals surface area (Å²) < 4.78 is 3.47. The van der Waals surface area contributed by atoms with Gasteiger partial charge in [0.1, 0.15) is 6.29 Å². The first-order chi connectivity index (χ1) is 21.8. The van der Waals surface area contributed by atoms with Crippen LogP contribution in [0.4, 0.5) is 5.69 Å². The van der Waals surface area contributed by atoms with Gasteiger partial charge in [0.2, 0.25) is 0 Å². The number of aryl methyl sites for hydroxylation is 4. The quantitative estimate of drug-likeness (QED) is 0.131. The number of aldehydes is 1. The SMILES string of the molecule is C=C1CCc2sc(CCC3=CCCCC=C3)cc2N(C)C(=O)C(=C)C/C(CC=O)=C(/c2cc3sc(CC/C=C/C)cc3n2C)S1. The molecule has 0 atom stereocenters. The van der Waals surface area contributed by atoms with Crippen molar-refractivity contribution in [2.45, 2.75) is 77.6 Å². The molecule has 2 aliphatic rings. The van der Waals surface area contributed by atoms with E-state index >= 15 is 0 Å². The van der Waals surface area contributed by atoms with Crippen molar-refractivity contribution in [1.29, 1.82) is 0 Å². The molecule has 0 N–H and O–H groups in total. The van der Waals surface area contributed by atoms with Crippen LogP contribution in [0.3, 0.4) is 0 Å². The van der Waals surface area contributed by atoms with E-state index in [0.29, 0.717) is 12.0 Å². The van der Waals surface area contributed by atoms with E-state index in [1.54, 1.807) is 16.7 Å². The molecule has 1 aliphatic carbocycles. The molecule has 5 rings (SSSR count). The average Bonchev–Trinajstić information content (AvgIpc) is 3.63. The maximum atomic E-state index is 13.8. The summed E-state index contributed by atoms with van der Waals surface area (Å²) >= 11 is 5.31. The van der Waals surface area contributed by atoms with E-state index in [1.807, 2.05) is 29.7 Å². The predicted octanol–water partition coefficient (Wildman–Crippen LogP) is 10.5. The molecule has 1 aliphatic heterocycles. The molecule has 0 aromatic carbocycles. The molecule has 0 spiro atoms. The lowest BCUT2D eigenvalue weighted by molar-refractivity contribution is -0.115. The molecule has 3 aromatic heterocycles. The summed E-state index contributed by atoms with van der Waals surface area (Å²) in [5.41, 5.74) is 6.05. The van der Waals surface area contributed by atoms with Crippen molar-refractivity contribution in [3.8, 4) is 0 Å². The van der Waals surface area contributed by atoms with Gasteiger partial charge in [-0.15, -0.1) is 22.7 Å². The summed E-state index contributed by atoms with van der Waals surface area (Å²) in [7, 11) is 3.96. The van der Waals surface area contributed by atoms with Gasteiger partial charge in [-0.3, -0.25) is 4.79 Å². The van der Waals surface area contributed by atoms with Crippen LogP contribution >= 0.6 is 34.4 Å². The summed E-state index contributed by atoms with van der Waals surface area (Å²) in [5, 5.41) is 0. The van der Waals surface area contributed by atoms with E-state index in [9.17, 15) is 9.59 Å². The standard InChI is InChI=1S/C38H44N2O2S3/c1-6-7-10-15-30-23-33-36(45-30)25-34(39(33)4)37-29(20-21-41)22-26(2)38(42)40(5)32-24-31(44-35(32)19-16-27(3)43-37)18-17-28-13-11-8-9-12-14-28/h6-7,11,13-14,21,23-25H,2-3,8-10,12,15-20,22H2,1,4-5H3/b7-6+,37-29-. The number of carbonyl (C=O) groups excluding carboxylic acids is 2. The highest BCUT2D eigenvalue weighted by Gasteiger charge is 2.25. The highest BCUT2D eigenvalue weighted by molar-refractivity contribution is 8.11. The predicted molar refractivity (Wildman–Crippen MR) is 197 cm³/mol. The van der Waals surface area contributed by atoms with Crippen LogP contribution in [0.1, 0.15) is 78.6 Å². The number of thiophene rings is 2. The molecule has 0 bridgehead atoms. The summed E-state index contributed by atoms with van der Waals surface area (Å²) in [6.45, 7) is 10.8. The van der Waals surface area contributed by atoms with Crippen molar-refractivity contribution in [1.82, 2.24) is 4.57 Å². The zero-order chi connectivity index (χ0) is 31.9. The number of carbonyl (C=O) groups is 2. The molecule has 0 fully saturated rings. The van der Waals surface area contributed by atoms with E-state index in [2.05, 4.69) is 80.3 Å². The third-order valence-electron chi connectivity index (χ3n) is 8.54. The molecule has 45 heavy (non-hydrogen) atoms. The van der Waals surface area contributed by atoms with Gasteiger partial charge in [0.25, 0.3) is 5.91 Å². The molecule has 0 unspecified atom stereocenters. The van der Waals surface area contributed by atoms with E-state index in [0.717, 1.165) is 84.4 Å². The summed E-state index contributed by atoms with van der Waals surface area (Å²) in [4.78, 5) is 33.5. The first-order valence-corrected chi connectivity index (χ1v) is 18.4. The molecule has 0 radical (unpaired) electrons. The molecule has 0 saturated heterocycles. The van der Waals surface area contributed by atoms with E-state index < -0.39 is 0 Å². The van der Waals surface area contributed by atoms with Crippen LogP contribution in [0.15, 0.2) is 83.4 Å². The maximum absolute atomic E-state index is 13.8. The fraction of sp³-hybridized carbons (Fsp3) is 0.368. The second-order valence-electron chi connectivity index (χ2n) is 11.9. The Balaban J connectivity index is 1.44. The number of amides is 1. The van der Waals surface area contributed by atoms with Gasteiger partial charge in [-0.25, -0.2) is 0 Å². The number of fused-ring (bicyclic) bond motifs is 2. The zero-order valence-corrected chi connectivity index (χ0v) is 29.3. The lowest BCUT2D eigenvalue weighted by atomic mass is 10.0. The molecule has 4 nitrogen and oxygen atoms in total. The first kappa shape index (κ1) is 33.2. The van der Waals surface area contributed by atoms with Crippen LogP contribution in [0.5, 0.6) is 0 Å². The number of allylic oxidation sites excluding steroid dienone is 8. The van der Waals surface area contributed by atoms with Gasteiger partial charge < -0.3 is 14.3 Å². The normalized spacial score (nSPS) is 18.7. The van der Waals surface area contributed by atoms with Crippen molar-refractivity contribution in [3.63, 3.8) is 0 Å². The van der Waals surface area contributed by atoms with Crippen molar-refractivity contribution < 1.29 is 9.59 Å². The second-order valence-corrected chi connectivity index (χ2v) is 15.5. The Labute approximate surface area is 280 Å². The summed E-state index contributed by atoms with van der Waals surface area (Å²) in [6, 6.07) is 6.73. The lowest BCUT2D eigenvalue weighted by Gasteiger charge is -2.22. The van der Waals surface area contributed by atoms with E-state index in [4.69, 9.17) is 0 Å². The third kappa shape index (κ3) is 8.00. The molecule has 4 heterocycles. The second kappa shape index (κ2) is 15.4. The number of hydrogen-bond acceptors (Lipinski definition) is 5. The molecule has 1 amide bonds. The molecular weight excluding hydrogens is 613 g/mol. The highest BCUT2D eigenvalue weighted by Crippen LogP contribution is 2.44. The Morgan fingerprint density at radius 1 is 1.00 bits per heavy atom. The number of hydrogen-bond donors (Lipinski definition) is 0. The Morgan fingerprint density at radius 3 is 2.60 bits per heavy atom. The Bertz CT molecular complexity index is 1720. The molecule has 0 saturated carbocycles. The van der Waals surface area contributed by atoms with Crippen LogP contribution in [0.25, 0.3) is 15.1 Å². The van der Waals surface area contributed by atoms with Crippen molar-refractivity contribution in [2.75, 3.05) is 11.9 Å². The molecule has 7 heteroatoms. The number of nitrogens with zero attached hydrogens (tertiary/aromatic N) is 2. The van der Waals surface area contributed by atoms with E-state index in [-0.39, 0.29) is 12.3 Å². The van der Waals surface area contributed by atoms with Crippen LogP contribution < -0.4 is 4.90 Å². The monoisotopic (exact) mass is 656 g/mol. The van der Waals surface area contributed by atoms with Crippen LogP contribution in [-0.4, -0.2) is 23.8 Å². The minimum Gasteiger partial charge on any atom is -0.342 e. The highest BCUT2D eigenvalue weighted by atomic mass is 32.2. The zero-order valence-electron chi connectivity index (χ0n) is 26.8. The fourth-order valence-electron chi connectivity index (χ4n) is 6.01. The van der Waals surface area contributed by atoms with Gasteiger partial charge in [-0.2, -0.15) is 0 Å². The van der Waals surface area contributed by atoms with Gasteiger partial charge in [0.05, 0.1) is 21.6 Å². The lowest BCUT2D eigenvalue weighted by Crippen LogP contribution is -2.28. The summed E-state index contributed by atoms with van der Waals surface area (Å²) in [6.07, 6.45) is 21.9. The Kier molecular flexibility index (Phi) is 11.4. The molecule has 3 aromatic rings. The van der Waals surface area contributed by atoms with Crippen LogP contribution in [-0.2, 0) is 35.9 Å². The summed E-state index contributed by atoms with van der Waals surface area (Å²) in [5.74, 6) is -0.0965. The molecular formula is C38H44N2O2S3.